The lowest BCUT2D eigenvalue weighted by Crippen LogP contribution is -2.35. The standard InChI is InChI=1S/C7H17NO.C7H15NO.C6H13NO.3CH4/c2*1-5-7(9)6(2)8(3)4;1-5(7(2)3)6-4-8-6;;;/h6-7,9H,5H2,1-4H3;6H,5H2,1-4H3;5-6H,4H2,1-3H3;3*1H4. The van der Waals surface area contributed by atoms with Gasteiger partial charge in [-0.15, -0.1) is 0 Å². The number of rotatable bonds is 8. The molecular formula is C23H57N3O3. The predicted octanol–water partition coefficient (Wildman–Crippen LogP) is 3.87. The molecular weight excluding hydrogens is 366 g/mol. The van der Waals surface area contributed by atoms with Gasteiger partial charge < -0.3 is 19.6 Å². The van der Waals surface area contributed by atoms with E-state index in [0.717, 1.165) is 13.0 Å². The first-order valence-corrected chi connectivity index (χ1v) is 9.72. The van der Waals surface area contributed by atoms with Crippen molar-refractivity contribution in [3.8, 4) is 0 Å². The van der Waals surface area contributed by atoms with Gasteiger partial charge in [-0.05, 0) is 69.5 Å². The van der Waals surface area contributed by atoms with E-state index in [1.807, 2.05) is 65.7 Å². The summed E-state index contributed by atoms with van der Waals surface area (Å²) in [5.41, 5.74) is 0. The molecule has 0 aromatic rings. The Morgan fingerprint density at radius 2 is 1.34 bits per heavy atom. The van der Waals surface area contributed by atoms with Gasteiger partial charge >= 0.3 is 0 Å². The Balaban J connectivity index is -0.0000000945. The summed E-state index contributed by atoms with van der Waals surface area (Å²) in [6.07, 6.45) is 1.81. The van der Waals surface area contributed by atoms with E-state index in [0.29, 0.717) is 24.3 Å². The highest BCUT2D eigenvalue weighted by Crippen LogP contribution is 2.16. The molecule has 6 heteroatoms. The van der Waals surface area contributed by atoms with Gasteiger partial charge in [-0.2, -0.15) is 0 Å². The van der Waals surface area contributed by atoms with E-state index >= 15 is 0 Å². The maximum absolute atomic E-state index is 10.9. The lowest BCUT2D eigenvalue weighted by Gasteiger charge is -2.23. The lowest BCUT2D eigenvalue weighted by molar-refractivity contribution is -0.122. The van der Waals surface area contributed by atoms with Gasteiger partial charge in [0, 0.05) is 18.5 Å². The number of carbonyl (C=O) groups is 1. The molecule has 0 aromatic heterocycles. The number of aliphatic hydroxyl groups is 1. The van der Waals surface area contributed by atoms with Crippen LogP contribution in [0.3, 0.4) is 0 Å². The van der Waals surface area contributed by atoms with Gasteiger partial charge in [-0.1, -0.05) is 36.1 Å². The van der Waals surface area contributed by atoms with Crippen LogP contribution in [0.25, 0.3) is 0 Å². The number of hydrogen-bond donors (Lipinski definition) is 1. The largest absolute Gasteiger partial charge is 0.392 e. The second-order valence-electron chi connectivity index (χ2n) is 7.72. The van der Waals surface area contributed by atoms with E-state index in [9.17, 15) is 9.90 Å². The molecule has 1 aliphatic rings. The minimum absolute atomic E-state index is 0. The average molecular weight is 424 g/mol. The van der Waals surface area contributed by atoms with Crippen molar-refractivity contribution in [1.29, 1.82) is 0 Å². The Labute approximate surface area is 184 Å². The number of aliphatic hydroxyl groups excluding tert-OH is 1. The van der Waals surface area contributed by atoms with Crippen LogP contribution in [0, 0.1) is 0 Å². The van der Waals surface area contributed by atoms with Gasteiger partial charge in [-0.25, -0.2) is 0 Å². The van der Waals surface area contributed by atoms with Crippen LogP contribution >= 0.6 is 0 Å². The number of Topliss-reactive ketones (excluding diaryl/α,β-unsaturated/α-hetero) is 1. The molecule has 0 amide bonds. The minimum Gasteiger partial charge on any atom is -0.392 e. The molecule has 0 spiro atoms. The van der Waals surface area contributed by atoms with Crippen molar-refractivity contribution in [2.24, 2.45) is 0 Å². The van der Waals surface area contributed by atoms with E-state index in [-0.39, 0.29) is 40.5 Å². The van der Waals surface area contributed by atoms with Crippen LogP contribution in [0.15, 0.2) is 0 Å². The van der Waals surface area contributed by atoms with Crippen molar-refractivity contribution in [3.05, 3.63) is 0 Å². The zero-order valence-corrected chi connectivity index (χ0v) is 19.1. The number of epoxide rings is 1. The van der Waals surface area contributed by atoms with E-state index in [4.69, 9.17) is 4.74 Å². The zero-order chi connectivity index (χ0) is 21.0. The molecule has 1 saturated heterocycles. The van der Waals surface area contributed by atoms with Crippen LogP contribution < -0.4 is 0 Å². The maximum atomic E-state index is 10.9. The van der Waals surface area contributed by atoms with Crippen molar-refractivity contribution < 1.29 is 14.6 Å². The van der Waals surface area contributed by atoms with E-state index < -0.39 is 0 Å². The number of hydrogen-bond acceptors (Lipinski definition) is 6. The first kappa shape index (κ1) is 39.0. The van der Waals surface area contributed by atoms with Crippen molar-refractivity contribution in [2.75, 3.05) is 48.9 Å². The summed E-state index contributed by atoms with van der Waals surface area (Å²) in [6, 6.07) is 0.944. The molecule has 6 nitrogen and oxygen atoms in total. The van der Waals surface area contributed by atoms with Gasteiger partial charge in [0.1, 0.15) is 5.78 Å². The molecule has 0 bridgehead atoms. The van der Waals surface area contributed by atoms with Crippen LogP contribution in [-0.2, 0) is 9.53 Å². The molecule has 29 heavy (non-hydrogen) atoms. The maximum Gasteiger partial charge on any atom is 0.149 e. The molecule has 1 N–H and O–H groups in total. The fraction of sp³-hybridized carbons (Fsp3) is 0.957. The van der Waals surface area contributed by atoms with Crippen molar-refractivity contribution in [3.63, 3.8) is 0 Å². The number of carbonyl (C=O) groups excluding carboxylic acids is 1. The Morgan fingerprint density at radius 3 is 1.45 bits per heavy atom. The summed E-state index contributed by atoms with van der Waals surface area (Å²) < 4.78 is 5.09. The summed E-state index contributed by atoms with van der Waals surface area (Å²) in [5, 5.41) is 9.26. The Kier molecular flexibility index (Phi) is 27.9. The molecule has 0 radical (unpaired) electrons. The third-order valence-electron chi connectivity index (χ3n) is 5.09. The number of likely N-dealkylation sites (N-methyl/N-ethyl adjacent to an activating group) is 3. The molecule has 5 unspecified atom stereocenters. The Hall–Kier alpha value is -0.530. The predicted molar refractivity (Wildman–Crippen MR) is 131 cm³/mol. The SMILES string of the molecule is C.C.C.CC(C1CO1)N(C)C.CCC(=O)C(C)N(C)C.CCC(O)C(C)N(C)C. The molecule has 1 aliphatic heterocycles. The zero-order valence-electron chi connectivity index (χ0n) is 19.1. The van der Waals surface area contributed by atoms with E-state index in [1.54, 1.807) is 0 Å². The summed E-state index contributed by atoms with van der Waals surface area (Å²) >= 11 is 0. The quantitative estimate of drug-likeness (QED) is 0.598. The summed E-state index contributed by atoms with van der Waals surface area (Å²) in [5.74, 6) is 0.306. The average Bonchev–Trinajstić information content (AvgIpc) is 3.43. The third kappa shape index (κ3) is 19.2. The lowest BCUT2D eigenvalue weighted by atomic mass is 10.1. The molecule has 0 saturated carbocycles. The summed E-state index contributed by atoms with van der Waals surface area (Å²) in [7, 11) is 11.9. The van der Waals surface area contributed by atoms with E-state index in [1.165, 1.54) is 0 Å². The molecule has 1 fully saturated rings. The van der Waals surface area contributed by atoms with Crippen LogP contribution in [-0.4, -0.2) is 105 Å². The van der Waals surface area contributed by atoms with Gasteiger partial charge in [0.05, 0.1) is 24.9 Å². The minimum atomic E-state index is -0.181. The molecule has 182 valence electrons. The van der Waals surface area contributed by atoms with Crippen LogP contribution in [0.5, 0.6) is 0 Å². The monoisotopic (exact) mass is 423 g/mol. The normalized spacial score (nSPS) is 18.4. The molecule has 0 aliphatic carbocycles. The Morgan fingerprint density at radius 1 is 0.931 bits per heavy atom. The summed E-state index contributed by atoms with van der Waals surface area (Å²) in [4.78, 5) is 17.0. The second kappa shape index (κ2) is 20.7. The smallest absolute Gasteiger partial charge is 0.149 e. The van der Waals surface area contributed by atoms with Gasteiger partial charge in [0.25, 0.3) is 0 Å². The third-order valence-corrected chi connectivity index (χ3v) is 5.09. The summed E-state index contributed by atoms with van der Waals surface area (Å²) in [6.45, 7) is 11.0. The van der Waals surface area contributed by atoms with Gasteiger partial charge in [0.2, 0.25) is 0 Å². The molecule has 1 rings (SSSR count). The topological polar surface area (TPSA) is 59.6 Å². The van der Waals surface area contributed by atoms with Crippen molar-refractivity contribution >= 4 is 5.78 Å². The Bertz CT molecular complexity index is 357. The van der Waals surface area contributed by atoms with Crippen molar-refractivity contribution in [2.45, 2.75) is 100 Å². The fourth-order valence-electron chi connectivity index (χ4n) is 1.94. The van der Waals surface area contributed by atoms with Crippen molar-refractivity contribution in [1.82, 2.24) is 14.7 Å². The van der Waals surface area contributed by atoms with Gasteiger partial charge in [-0.3, -0.25) is 9.69 Å². The number of ketones is 1. The molecule has 1 heterocycles. The first-order valence-electron chi connectivity index (χ1n) is 9.72. The number of nitrogens with zero attached hydrogens (tertiary/aromatic N) is 3. The second-order valence-corrected chi connectivity index (χ2v) is 7.72. The van der Waals surface area contributed by atoms with Crippen LogP contribution in [0.4, 0.5) is 0 Å². The molecule has 5 atom stereocenters. The number of ether oxygens (including phenoxy) is 1. The molecule has 0 aromatic carbocycles. The highest BCUT2D eigenvalue weighted by molar-refractivity contribution is 5.83. The van der Waals surface area contributed by atoms with Crippen LogP contribution in [0.2, 0.25) is 0 Å². The van der Waals surface area contributed by atoms with Gasteiger partial charge in [0.15, 0.2) is 0 Å². The van der Waals surface area contributed by atoms with Crippen LogP contribution in [0.1, 0.15) is 69.7 Å². The highest BCUT2D eigenvalue weighted by Gasteiger charge is 2.30. The first-order chi connectivity index (χ1) is 11.9. The highest BCUT2D eigenvalue weighted by atomic mass is 16.6. The van der Waals surface area contributed by atoms with E-state index in [2.05, 4.69) is 25.9 Å². The fourth-order valence-corrected chi connectivity index (χ4v) is 1.94.